The number of halogens is 3. The molecule has 0 aromatic carbocycles. The lowest BCUT2D eigenvalue weighted by Gasteiger charge is -2.22. The first-order valence-corrected chi connectivity index (χ1v) is 5.73. The van der Waals surface area contributed by atoms with Crippen molar-refractivity contribution in [1.82, 2.24) is 15.5 Å². The van der Waals surface area contributed by atoms with Crippen LogP contribution >= 0.6 is 0 Å². The summed E-state index contributed by atoms with van der Waals surface area (Å²) in [5.41, 5.74) is 0. The second-order valence-corrected chi connectivity index (χ2v) is 3.87. The Hall–Kier alpha value is -2.00. The molecule has 0 spiro atoms. The largest absolute Gasteiger partial charge is 0.480 e. The van der Waals surface area contributed by atoms with E-state index in [1.165, 1.54) is 0 Å². The van der Waals surface area contributed by atoms with Gasteiger partial charge in [-0.15, -0.1) is 0 Å². The summed E-state index contributed by atoms with van der Waals surface area (Å²) < 4.78 is 36.6. The molecule has 0 saturated heterocycles. The zero-order valence-electron chi connectivity index (χ0n) is 10.8. The number of carbonyl (C=O) groups is 3. The topological polar surface area (TPSA) is 98.7 Å². The van der Waals surface area contributed by atoms with E-state index in [9.17, 15) is 27.6 Å². The summed E-state index contributed by atoms with van der Waals surface area (Å²) in [7, 11) is 0. The Labute approximate surface area is 113 Å². The van der Waals surface area contributed by atoms with E-state index in [0.29, 0.717) is 13.0 Å². The van der Waals surface area contributed by atoms with E-state index in [1.54, 1.807) is 6.92 Å². The van der Waals surface area contributed by atoms with E-state index in [1.807, 2.05) is 5.32 Å². The van der Waals surface area contributed by atoms with Crippen molar-refractivity contribution in [1.29, 1.82) is 0 Å². The molecule has 0 aliphatic heterocycles. The van der Waals surface area contributed by atoms with Crippen LogP contribution in [0.5, 0.6) is 0 Å². The smallest absolute Gasteiger partial charge is 0.406 e. The van der Waals surface area contributed by atoms with Crippen molar-refractivity contribution >= 4 is 17.9 Å². The van der Waals surface area contributed by atoms with Gasteiger partial charge in [-0.25, -0.2) is 4.79 Å². The van der Waals surface area contributed by atoms with E-state index >= 15 is 0 Å². The summed E-state index contributed by atoms with van der Waals surface area (Å²) in [5.74, 6) is -2.15. The zero-order chi connectivity index (χ0) is 15.8. The Balaban J connectivity index is 4.40. The molecule has 7 nitrogen and oxygen atoms in total. The van der Waals surface area contributed by atoms with Crippen LogP contribution in [0, 0.1) is 0 Å². The van der Waals surface area contributed by atoms with Crippen molar-refractivity contribution in [2.45, 2.75) is 19.5 Å². The molecule has 0 aliphatic rings. The molecule has 116 valence electrons. The zero-order valence-corrected chi connectivity index (χ0v) is 10.8. The minimum Gasteiger partial charge on any atom is -0.480 e. The Kier molecular flexibility index (Phi) is 7.40. The second-order valence-electron chi connectivity index (χ2n) is 3.87. The molecule has 0 saturated carbocycles. The van der Waals surface area contributed by atoms with Gasteiger partial charge >= 0.3 is 18.2 Å². The van der Waals surface area contributed by atoms with Crippen molar-refractivity contribution in [2.24, 2.45) is 0 Å². The summed E-state index contributed by atoms with van der Waals surface area (Å²) in [6.45, 7) is -1.16. The first kappa shape index (κ1) is 18.0. The van der Waals surface area contributed by atoms with Gasteiger partial charge < -0.3 is 20.6 Å². The van der Waals surface area contributed by atoms with E-state index in [0.717, 1.165) is 0 Å². The number of rotatable bonds is 7. The highest BCUT2D eigenvalue weighted by Gasteiger charge is 2.34. The van der Waals surface area contributed by atoms with Gasteiger partial charge in [0.2, 0.25) is 5.91 Å². The van der Waals surface area contributed by atoms with Gasteiger partial charge in [-0.3, -0.25) is 9.59 Å². The maximum Gasteiger partial charge on any atom is 0.406 e. The van der Waals surface area contributed by atoms with Crippen LogP contribution in [0.4, 0.5) is 18.0 Å². The van der Waals surface area contributed by atoms with Gasteiger partial charge in [0.05, 0.1) is 6.54 Å². The van der Waals surface area contributed by atoms with E-state index in [-0.39, 0.29) is 4.90 Å². The summed E-state index contributed by atoms with van der Waals surface area (Å²) in [6, 6.07) is -1.27. The molecule has 0 bridgehead atoms. The van der Waals surface area contributed by atoms with Crippen molar-refractivity contribution < 1.29 is 32.7 Å². The molecule has 3 amide bonds. The number of aliphatic carboxylic acids is 1. The van der Waals surface area contributed by atoms with E-state index in [4.69, 9.17) is 5.11 Å². The maximum atomic E-state index is 12.2. The standard InChI is InChI=1S/C10H16F3N3O4/c1-2-3-14-7(17)4-15-9(20)16(5-8(18)19)6-10(11,12)13/h2-6H2,1H3,(H,14,17)(H,15,20)(H,18,19). The van der Waals surface area contributed by atoms with Crippen LogP contribution in [-0.2, 0) is 9.59 Å². The molecule has 10 heteroatoms. The molecule has 0 aliphatic carbocycles. The van der Waals surface area contributed by atoms with Gasteiger partial charge in [-0.2, -0.15) is 13.2 Å². The predicted octanol–water partition coefficient (Wildman–Crippen LogP) is 0.171. The van der Waals surface area contributed by atoms with Crippen molar-refractivity contribution in [3.05, 3.63) is 0 Å². The molecule has 0 heterocycles. The van der Waals surface area contributed by atoms with Crippen LogP contribution in [0.1, 0.15) is 13.3 Å². The van der Waals surface area contributed by atoms with Crippen LogP contribution in [0.2, 0.25) is 0 Å². The third-order valence-corrected chi connectivity index (χ3v) is 1.96. The lowest BCUT2D eigenvalue weighted by atomic mass is 10.4. The minimum atomic E-state index is -4.72. The van der Waals surface area contributed by atoms with Gasteiger partial charge in [-0.1, -0.05) is 6.92 Å². The highest BCUT2D eigenvalue weighted by Crippen LogP contribution is 2.16. The number of hydrogen-bond donors (Lipinski definition) is 3. The van der Waals surface area contributed by atoms with Gasteiger partial charge in [-0.05, 0) is 6.42 Å². The molecular weight excluding hydrogens is 283 g/mol. The number of carboxylic acid groups (broad SMARTS) is 1. The van der Waals surface area contributed by atoms with Crippen molar-refractivity contribution in [3.63, 3.8) is 0 Å². The summed E-state index contributed by atoms with van der Waals surface area (Å²) in [6.07, 6.45) is -4.06. The summed E-state index contributed by atoms with van der Waals surface area (Å²) >= 11 is 0. The lowest BCUT2D eigenvalue weighted by Crippen LogP contribution is -2.49. The average molecular weight is 299 g/mol. The number of nitrogens with one attached hydrogen (secondary N) is 2. The predicted molar refractivity (Wildman–Crippen MR) is 62.0 cm³/mol. The van der Waals surface area contributed by atoms with Crippen LogP contribution in [0.3, 0.4) is 0 Å². The normalized spacial score (nSPS) is 10.8. The number of urea groups is 1. The van der Waals surface area contributed by atoms with Gasteiger partial charge in [0, 0.05) is 6.54 Å². The van der Waals surface area contributed by atoms with Gasteiger partial charge in [0.15, 0.2) is 0 Å². The first-order chi connectivity index (χ1) is 9.15. The number of alkyl halides is 3. The monoisotopic (exact) mass is 299 g/mol. The number of amides is 3. The second kappa shape index (κ2) is 8.23. The van der Waals surface area contributed by atoms with Crippen molar-refractivity contribution in [2.75, 3.05) is 26.2 Å². The lowest BCUT2D eigenvalue weighted by molar-refractivity contribution is -0.148. The van der Waals surface area contributed by atoms with Crippen molar-refractivity contribution in [3.8, 4) is 0 Å². The SMILES string of the molecule is CCCNC(=O)CNC(=O)N(CC(=O)O)CC(F)(F)F. The Bertz CT molecular complexity index is 360. The number of nitrogens with zero attached hydrogens (tertiary/aromatic N) is 1. The number of hydrogen-bond acceptors (Lipinski definition) is 3. The van der Waals surface area contributed by atoms with Crippen LogP contribution in [-0.4, -0.2) is 60.3 Å². The summed E-state index contributed by atoms with van der Waals surface area (Å²) in [5, 5.41) is 12.8. The minimum absolute atomic E-state index is 0.0649. The molecule has 0 radical (unpaired) electrons. The van der Waals surface area contributed by atoms with E-state index < -0.39 is 43.7 Å². The van der Waals surface area contributed by atoms with Gasteiger partial charge in [0.25, 0.3) is 0 Å². The molecule has 20 heavy (non-hydrogen) atoms. The fraction of sp³-hybridized carbons (Fsp3) is 0.700. The quantitative estimate of drug-likeness (QED) is 0.624. The molecule has 0 rings (SSSR count). The van der Waals surface area contributed by atoms with Gasteiger partial charge in [0.1, 0.15) is 13.1 Å². The Morgan fingerprint density at radius 3 is 2.25 bits per heavy atom. The molecular formula is C10H16F3N3O4. The Morgan fingerprint density at radius 1 is 1.20 bits per heavy atom. The fourth-order valence-corrected chi connectivity index (χ4v) is 1.17. The maximum absolute atomic E-state index is 12.2. The number of carboxylic acids is 1. The molecule has 0 fully saturated rings. The molecule has 0 aromatic rings. The molecule has 0 unspecified atom stereocenters. The molecule has 3 N–H and O–H groups in total. The first-order valence-electron chi connectivity index (χ1n) is 5.73. The third-order valence-electron chi connectivity index (χ3n) is 1.96. The Morgan fingerprint density at radius 2 is 1.80 bits per heavy atom. The molecule has 0 aromatic heterocycles. The highest BCUT2D eigenvalue weighted by atomic mass is 19.4. The average Bonchev–Trinajstić information content (AvgIpc) is 2.30. The van der Waals surface area contributed by atoms with Crippen LogP contribution < -0.4 is 10.6 Å². The fourth-order valence-electron chi connectivity index (χ4n) is 1.17. The van der Waals surface area contributed by atoms with E-state index in [2.05, 4.69) is 5.32 Å². The summed E-state index contributed by atoms with van der Waals surface area (Å²) in [4.78, 5) is 33.0. The third kappa shape index (κ3) is 9.00. The molecule has 0 atom stereocenters. The highest BCUT2D eigenvalue weighted by molar-refractivity contribution is 5.85. The van der Waals surface area contributed by atoms with Crippen LogP contribution in [0.15, 0.2) is 0 Å². The van der Waals surface area contributed by atoms with Crippen LogP contribution in [0.25, 0.3) is 0 Å². The number of carbonyl (C=O) groups excluding carboxylic acids is 2.